The second kappa shape index (κ2) is 7.14. The number of nitrogens with zero attached hydrogens (tertiary/aromatic N) is 3. The van der Waals surface area contributed by atoms with E-state index in [0.29, 0.717) is 23.6 Å². The second-order valence-electron chi connectivity index (χ2n) is 6.92. The summed E-state index contributed by atoms with van der Waals surface area (Å²) >= 11 is 0. The SMILES string of the molecule is Cc1cc(-c2cn(COCC[Si](C)(C)C)c(C(=O)O)n2)c(O)cn1. The van der Waals surface area contributed by atoms with E-state index >= 15 is 0 Å². The molecule has 0 fully saturated rings. The van der Waals surface area contributed by atoms with Gasteiger partial charge in [0, 0.05) is 32.1 Å². The molecule has 2 aromatic heterocycles. The van der Waals surface area contributed by atoms with E-state index in [1.54, 1.807) is 19.2 Å². The van der Waals surface area contributed by atoms with Crippen LogP contribution in [0.15, 0.2) is 18.5 Å². The zero-order chi connectivity index (χ0) is 17.9. The summed E-state index contributed by atoms with van der Waals surface area (Å²) in [4.78, 5) is 19.5. The Morgan fingerprint density at radius 2 is 2.08 bits per heavy atom. The average Bonchev–Trinajstić information content (AvgIpc) is 2.89. The zero-order valence-corrected chi connectivity index (χ0v) is 15.4. The van der Waals surface area contributed by atoms with Gasteiger partial charge in [-0.05, 0) is 19.0 Å². The third-order valence-electron chi connectivity index (χ3n) is 3.49. The Hall–Kier alpha value is -2.19. The summed E-state index contributed by atoms with van der Waals surface area (Å²) in [5, 5.41) is 19.3. The van der Waals surface area contributed by atoms with Gasteiger partial charge in [-0.25, -0.2) is 9.78 Å². The van der Waals surface area contributed by atoms with Gasteiger partial charge in [-0.1, -0.05) is 19.6 Å². The maximum atomic E-state index is 11.4. The smallest absolute Gasteiger partial charge is 0.372 e. The molecule has 0 saturated carbocycles. The predicted molar refractivity (Wildman–Crippen MR) is 92.9 cm³/mol. The Balaban J connectivity index is 2.21. The van der Waals surface area contributed by atoms with Crippen LogP contribution >= 0.6 is 0 Å². The molecule has 0 aliphatic carbocycles. The highest BCUT2D eigenvalue weighted by atomic mass is 28.3. The summed E-state index contributed by atoms with van der Waals surface area (Å²) in [5.41, 5.74) is 1.54. The molecule has 0 saturated heterocycles. The van der Waals surface area contributed by atoms with Crippen molar-refractivity contribution in [1.82, 2.24) is 14.5 Å². The van der Waals surface area contributed by atoms with Gasteiger partial charge in [-0.15, -0.1) is 0 Å². The number of aromatic carboxylic acids is 1. The normalized spacial score (nSPS) is 11.7. The van der Waals surface area contributed by atoms with Crippen molar-refractivity contribution in [1.29, 1.82) is 0 Å². The van der Waals surface area contributed by atoms with Gasteiger partial charge in [0.05, 0.1) is 11.9 Å². The molecule has 0 bridgehead atoms. The first-order valence-electron chi connectivity index (χ1n) is 7.71. The first-order chi connectivity index (χ1) is 11.2. The third-order valence-corrected chi connectivity index (χ3v) is 5.19. The Morgan fingerprint density at radius 1 is 1.38 bits per heavy atom. The van der Waals surface area contributed by atoms with Gasteiger partial charge in [0.15, 0.2) is 0 Å². The van der Waals surface area contributed by atoms with Crippen LogP contribution in [0, 0.1) is 6.92 Å². The molecule has 130 valence electrons. The van der Waals surface area contributed by atoms with Crippen molar-refractivity contribution >= 4 is 14.0 Å². The van der Waals surface area contributed by atoms with Crippen molar-refractivity contribution < 1.29 is 19.7 Å². The standard InChI is InChI=1S/C16H23N3O4Si/c1-11-7-12(14(20)8-17-11)13-9-19(15(18-13)16(21)22)10-23-5-6-24(2,3)4/h7-9,20H,5-6,10H2,1-4H3,(H,21,22). The molecule has 2 N–H and O–H groups in total. The maximum absolute atomic E-state index is 11.4. The number of aromatic hydroxyl groups is 1. The van der Waals surface area contributed by atoms with Crippen molar-refractivity contribution in [3.63, 3.8) is 0 Å². The number of imidazole rings is 1. The van der Waals surface area contributed by atoms with Gasteiger partial charge in [0.25, 0.3) is 0 Å². The van der Waals surface area contributed by atoms with Gasteiger partial charge in [-0.3, -0.25) is 4.98 Å². The van der Waals surface area contributed by atoms with Gasteiger partial charge < -0.3 is 19.5 Å². The number of carboxylic acids is 1. The van der Waals surface area contributed by atoms with Crippen LogP contribution in [0.2, 0.25) is 25.7 Å². The number of hydrogen-bond donors (Lipinski definition) is 2. The Bertz CT molecular complexity index is 737. The van der Waals surface area contributed by atoms with Gasteiger partial charge >= 0.3 is 5.97 Å². The molecule has 0 spiro atoms. The molecular formula is C16H23N3O4Si. The molecular weight excluding hydrogens is 326 g/mol. The van der Waals surface area contributed by atoms with Crippen LogP contribution in [0.25, 0.3) is 11.3 Å². The highest BCUT2D eigenvalue weighted by molar-refractivity contribution is 6.76. The number of rotatable bonds is 7. The van der Waals surface area contributed by atoms with Crippen molar-refractivity contribution in [2.45, 2.75) is 39.3 Å². The first kappa shape index (κ1) is 18.1. The minimum absolute atomic E-state index is 0.0400. The lowest BCUT2D eigenvalue weighted by Gasteiger charge is -2.15. The monoisotopic (exact) mass is 349 g/mol. The summed E-state index contributed by atoms with van der Waals surface area (Å²) in [6, 6.07) is 2.67. The van der Waals surface area contributed by atoms with Crippen molar-refractivity contribution in [3.05, 3.63) is 30.0 Å². The maximum Gasteiger partial charge on any atom is 0.372 e. The van der Waals surface area contributed by atoms with E-state index < -0.39 is 14.0 Å². The van der Waals surface area contributed by atoms with Crippen molar-refractivity contribution in [3.8, 4) is 17.0 Å². The molecule has 0 aliphatic rings. The largest absolute Gasteiger partial charge is 0.506 e. The molecule has 7 nitrogen and oxygen atoms in total. The summed E-state index contributed by atoms with van der Waals surface area (Å²) in [7, 11) is -1.20. The quantitative estimate of drug-likeness (QED) is 0.589. The van der Waals surface area contributed by atoms with Gasteiger partial charge in [0.2, 0.25) is 5.82 Å². The molecule has 2 heterocycles. The Kier molecular flexibility index (Phi) is 5.40. The summed E-state index contributed by atoms with van der Waals surface area (Å²) in [5.74, 6) is -1.30. The molecule has 0 amide bonds. The molecule has 0 unspecified atom stereocenters. The minimum atomic E-state index is -1.20. The first-order valence-corrected chi connectivity index (χ1v) is 11.4. The van der Waals surface area contributed by atoms with Crippen LogP contribution in [0.5, 0.6) is 5.75 Å². The van der Waals surface area contributed by atoms with Crippen molar-refractivity contribution in [2.24, 2.45) is 0 Å². The van der Waals surface area contributed by atoms with Crippen LogP contribution in [0.1, 0.15) is 16.3 Å². The third kappa shape index (κ3) is 4.65. The van der Waals surface area contributed by atoms with Crippen LogP contribution in [0.4, 0.5) is 0 Å². The summed E-state index contributed by atoms with van der Waals surface area (Å²) in [6.45, 7) is 9.25. The lowest BCUT2D eigenvalue weighted by Crippen LogP contribution is -2.22. The van der Waals surface area contributed by atoms with Crippen LogP contribution < -0.4 is 0 Å². The molecule has 2 aromatic rings. The van der Waals surface area contributed by atoms with Crippen molar-refractivity contribution in [2.75, 3.05) is 6.61 Å². The van der Waals surface area contributed by atoms with E-state index in [1.165, 1.54) is 10.8 Å². The number of aromatic nitrogens is 3. The van der Waals surface area contributed by atoms with E-state index in [1.807, 2.05) is 0 Å². The van der Waals surface area contributed by atoms with Gasteiger partial charge in [0.1, 0.15) is 12.5 Å². The number of aryl methyl sites for hydroxylation is 1. The lowest BCUT2D eigenvalue weighted by molar-refractivity contribution is 0.0613. The molecule has 0 radical (unpaired) electrons. The molecule has 0 aromatic carbocycles. The van der Waals surface area contributed by atoms with E-state index in [4.69, 9.17) is 4.74 Å². The van der Waals surface area contributed by atoms with Crippen LogP contribution in [-0.4, -0.2) is 45.4 Å². The number of hydrogen-bond acceptors (Lipinski definition) is 5. The molecule has 2 rings (SSSR count). The minimum Gasteiger partial charge on any atom is -0.506 e. The predicted octanol–water partition coefficient (Wildman–Crippen LogP) is 2.97. The zero-order valence-electron chi connectivity index (χ0n) is 14.4. The van der Waals surface area contributed by atoms with E-state index in [-0.39, 0.29) is 18.3 Å². The number of carbonyl (C=O) groups is 1. The molecule has 8 heteroatoms. The topological polar surface area (TPSA) is 97.5 Å². The lowest BCUT2D eigenvalue weighted by atomic mass is 10.1. The summed E-state index contributed by atoms with van der Waals surface area (Å²) in [6.07, 6.45) is 2.90. The van der Waals surface area contributed by atoms with E-state index in [9.17, 15) is 15.0 Å². The number of ether oxygens (including phenoxy) is 1. The fraction of sp³-hybridized carbons (Fsp3) is 0.438. The van der Waals surface area contributed by atoms with Crippen LogP contribution in [-0.2, 0) is 11.5 Å². The average molecular weight is 349 g/mol. The number of carboxylic acid groups (broad SMARTS) is 1. The fourth-order valence-corrected chi connectivity index (χ4v) is 2.87. The highest BCUT2D eigenvalue weighted by Crippen LogP contribution is 2.28. The summed E-state index contributed by atoms with van der Waals surface area (Å²) < 4.78 is 7.05. The fourth-order valence-electron chi connectivity index (χ4n) is 2.11. The second-order valence-corrected chi connectivity index (χ2v) is 12.5. The molecule has 0 atom stereocenters. The highest BCUT2D eigenvalue weighted by Gasteiger charge is 2.18. The van der Waals surface area contributed by atoms with E-state index in [2.05, 4.69) is 29.6 Å². The molecule has 0 aliphatic heterocycles. The Labute approximate surface area is 142 Å². The van der Waals surface area contributed by atoms with E-state index in [0.717, 1.165) is 6.04 Å². The number of pyridine rings is 1. The van der Waals surface area contributed by atoms with Gasteiger partial charge in [-0.2, -0.15) is 0 Å². The van der Waals surface area contributed by atoms with Crippen LogP contribution in [0.3, 0.4) is 0 Å². The molecule has 24 heavy (non-hydrogen) atoms. The Morgan fingerprint density at radius 3 is 2.71 bits per heavy atom.